The van der Waals surface area contributed by atoms with Crippen LogP contribution >= 0.6 is 0 Å². The molecule has 18 heavy (non-hydrogen) atoms. The quantitative estimate of drug-likeness (QED) is 0.496. The summed E-state index contributed by atoms with van der Waals surface area (Å²) in [4.78, 5) is 0. The molecule has 2 N–H and O–H groups in total. The van der Waals surface area contributed by atoms with Gasteiger partial charge in [0.15, 0.2) is 0 Å². The zero-order chi connectivity index (χ0) is 13.1. The van der Waals surface area contributed by atoms with Gasteiger partial charge in [-0.1, -0.05) is 5.16 Å². The normalized spacial score (nSPS) is 11.8. The first-order chi connectivity index (χ1) is 8.65. The SMILES string of the molecule is CCn1cc(C(=NO)c2cc(F)ccc2O)cn1. The van der Waals surface area contributed by atoms with Crippen molar-refractivity contribution in [1.29, 1.82) is 0 Å². The summed E-state index contributed by atoms with van der Waals surface area (Å²) in [6, 6.07) is 3.44. The fourth-order valence-electron chi connectivity index (χ4n) is 1.62. The second kappa shape index (κ2) is 4.87. The molecule has 2 rings (SSSR count). The predicted molar refractivity (Wildman–Crippen MR) is 63.4 cm³/mol. The van der Waals surface area contributed by atoms with Gasteiger partial charge < -0.3 is 10.3 Å². The molecule has 0 aliphatic carbocycles. The van der Waals surface area contributed by atoms with Gasteiger partial charge in [-0.25, -0.2) is 4.39 Å². The maximum atomic E-state index is 13.2. The van der Waals surface area contributed by atoms with Crippen LogP contribution in [-0.4, -0.2) is 25.8 Å². The Hall–Kier alpha value is -2.37. The Kier molecular flexibility index (Phi) is 3.27. The molecule has 0 aliphatic rings. The first kappa shape index (κ1) is 12.1. The van der Waals surface area contributed by atoms with Crippen LogP contribution in [0.3, 0.4) is 0 Å². The maximum absolute atomic E-state index is 13.2. The van der Waals surface area contributed by atoms with Gasteiger partial charge in [0, 0.05) is 23.9 Å². The summed E-state index contributed by atoms with van der Waals surface area (Å²) in [5.74, 6) is -0.680. The topological polar surface area (TPSA) is 70.6 Å². The summed E-state index contributed by atoms with van der Waals surface area (Å²) in [6.07, 6.45) is 3.14. The molecule has 1 aromatic heterocycles. The van der Waals surface area contributed by atoms with Gasteiger partial charge in [-0.05, 0) is 25.1 Å². The van der Waals surface area contributed by atoms with Gasteiger partial charge in [0.2, 0.25) is 0 Å². The van der Waals surface area contributed by atoms with Crippen molar-refractivity contribution in [2.75, 3.05) is 0 Å². The molecule has 0 amide bonds. The van der Waals surface area contributed by atoms with E-state index in [0.717, 1.165) is 12.1 Å². The van der Waals surface area contributed by atoms with Crippen LogP contribution < -0.4 is 0 Å². The van der Waals surface area contributed by atoms with Crippen LogP contribution in [0.4, 0.5) is 4.39 Å². The Balaban J connectivity index is 2.49. The number of oxime groups is 1. The van der Waals surface area contributed by atoms with Crippen molar-refractivity contribution in [3.63, 3.8) is 0 Å². The Morgan fingerprint density at radius 3 is 2.89 bits per heavy atom. The van der Waals surface area contributed by atoms with E-state index in [1.54, 1.807) is 10.9 Å². The van der Waals surface area contributed by atoms with Crippen molar-refractivity contribution >= 4 is 5.71 Å². The van der Waals surface area contributed by atoms with Crippen LogP contribution in [0.5, 0.6) is 5.75 Å². The van der Waals surface area contributed by atoms with E-state index < -0.39 is 5.82 Å². The van der Waals surface area contributed by atoms with Crippen LogP contribution in [0.25, 0.3) is 0 Å². The second-order valence-corrected chi connectivity index (χ2v) is 3.69. The predicted octanol–water partition coefficient (Wildman–Crippen LogP) is 1.97. The maximum Gasteiger partial charge on any atom is 0.125 e. The van der Waals surface area contributed by atoms with E-state index in [9.17, 15) is 9.50 Å². The highest BCUT2D eigenvalue weighted by Crippen LogP contribution is 2.22. The molecule has 6 heteroatoms. The monoisotopic (exact) mass is 249 g/mol. The summed E-state index contributed by atoms with van der Waals surface area (Å²) in [7, 11) is 0. The molecule has 94 valence electrons. The molecule has 0 unspecified atom stereocenters. The molecule has 1 aromatic carbocycles. The number of benzene rings is 1. The highest BCUT2D eigenvalue weighted by Gasteiger charge is 2.15. The minimum absolute atomic E-state index is 0.0756. The standard InChI is InChI=1S/C12H12FN3O2/c1-2-16-7-8(6-14-16)12(15-18)10-5-9(13)3-4-11(10)17/h3-7,17-18H,2H2,1H3. The third kappa shape index (κ3) is 2.17. The number of aryl methyl sites for hydroxylation is 1. The zero-order valence-corrected chi connectivity index (χ0v) is 9.71. The molecule has 2 aromatic rings. The number of nitrogens with zero attached hydrogens (tertiary/aromatic N) is 3. The van der Waals surface area contributed by atoms with Crippen molar-refractivity contribution in [2.24, 2.45) is 5.16 Å². The van der Waals surface area contributed by atoms with Crippen molar-refractivity contribution in [2.45, 2.75) is 13.5 Å². The van der Waals surface area contributed by atoms with Gasteiger partial charge in [-0.2, -0.15) is 5.10 Å². The molecule has 5 nitrogen and oxygen atoms in total. The van der Waals surface area contributed by atoms with Crippen LogP contribution in [0.2, 0.25) is 0 Å². The molecule has 0 aliphatic heterocycles. The lowest BCUT2D eigenvalue weighted by Gasteiger charge is -2.05. The second-order valence-electron chi connectivity index (χ2n) is 3.69. The lowest BCUT2D eigenvalue weighted by atomic mass is 10.0. The molecule has 0 fully saturated rings. The van der Waals surface area contributed by atoms with E-state index in [2.05, 4.69) is 10.3 Å². The number of hydrogen-bond donors (Lipinski definition) is 2. The fourth-order valence-corrected chi connectivity index (χ4v) is 1.62. The van der Waals surface area contributed by atoms with Crippen molar-refractivity contribution in [3.8, 4) is 5.75 Å². The number of rotatable bonds is 3. The average molecular weight is 249 g/mol. The van der Waals surface area contributed by atoms with Crippen LogP contribution in [-0.2, 0) is 6.54 Å². The molecule has 0 spiro atoms. The zero-order valence-electron chi connectivity index (χ0n) is 9.71. The lowest BCUT2D eigenvalue weighted by Crippen LogP contribution is -2.03. The highest BCUT2D eigenvalue weighted by atomic mass is 19.1. The minimum atomic E-state index is -0.521. The summed E-state index contributed by atoms with van der Waals surface area (Å²) >= 11 is 0. The Morgan fingerprint density at radius 2 is 2.28 bits per heavy atom. The molecular weight excluding hydrogens is 237 g/mol. The highest BCUT2D eigenvalue weighted by molar-refractivity contribution is 6.13. The molecule has 0 saturated carbocycles. The van der Waals surface area contributed by atoms with E-state index in [4.69, 9.17) is 5.21 Å². The van der Waals surface area contributed by atoms with Crippen LogP contribution in [0.1, 0.15) is 18.1 Å². The van der Waals surface area contributed by atoms with E-state index >= 15 is 0 Å². The van der Waals surface area contributed by atoms with E-state index in [-0.39, 0.29) is 17.0 Å². The molecule has 0 saturated heterocycles. The Bertz CT molecular complexity index is 593. The first-order valence-corrected chi connectivity index (χ1v) is 5.39. The molecular formula is C12H12FN3O2. The van der Waals surface area contributed by atoms with Crippen LogP contribution in [0.15, 0.2) is 35.7 Å². The van der Waals surface area contributed by atoms with Gasteiger partial charge in [-0.3, -0.25) is 4.68 Å². The Morgan fingerprint density at radius 1 is 1.50 bits per heavy atom. The van der Waals surface area contributed by atoms with Gasteiger partial charge in [0.25, 0.3) is 0 Å². The third-order valence-electron chi connectivity index (χ3n) is 2.54. The average Bonchev–Trinajstić information content (AvgIpc) is 2.83. The minimum Gasteiger partial charge on any atom is -0.507 e. The van der Waals surface area contributed by atoms with E-state index in [1.807, 2.05) is 6.92 Å². The molecule has 0 atom stereocenters. The molecule has 0 radical (unpaired) electrons. The molecule has 0 bridgehead atoms. The lowest BCUT2D eigenvalue weighted by molar-refractivity contribution is 0.319. The number of phenols is 1. The first-order valence-electron chi connectivity index (χ1n) is 5.39. The van der Waals surface area contributed by atoms with Gasteiger partial charge in [-0.15, -0.1) is 0 Å². The van der Waals surface area contributed by atoms with Gasteiger partial charge in [0.05, 0.1) is 6.20 Å². The van der Waals surface area contributed by atoms with E-state index in [0.29, 0.717) is 12.1 Å². The number of phenolic OH excluding ortho intramolecular Hbond substituents is 1. The smallest absolute Gasteiger partial charge is 0.125 e. The van der Waals surface area contributed by atoms with Crippen molar-refractivity contribution in [1.82, 2.24) is 9.78 Å². The number of hydrogen-bond acceptors (Lipinski definition) is 4. The summed E-state index contributed by atoms with van der Waals surface area (Å²) in [6.45, 7) is 2.57. The summed E-state index contributed by atoms with van der Waals surface area (Å²) < 4.78 is 14.8. The van der Waals surface area contributed by atoms with Gasteiger partial charge >= 0.3 is 0 Å². The van der Waals surface area contributed by atoms with Gasteiger partial charge in [0.1, 0.15) is 17.3 Å². The Labute approximate surface area is 103 Å². The number of aromatic hydroxyl groups is 1. The summed E-state index contributed by atoms with van der Waals surface area (Å²) in [5.41, 5.74) is 0.695. The molecule has 1 heterocycles. The fraction of sp³-hybridized carbons (Fsp3) is 0.167. The van der Waals surface area contributed by atoms with Crippen molar-refractivity contribution < 1.29 is 14.7 Å². The number of halogens is 1. The van der Waals surface area contributed by atoms with Crippen LogP contribution in [0, 0.1) is 5.82 Å². The number of aromatic nitrogens is 2. The summed E-state index contributed by atoms with van der Waals surface area (Å²) in [5, 5.41) is 25.9. The van der Waals surface area contributed by atoms with Crippen molar-refractivity contribution in [3.05, 3.63) is 47.5 Å². The largest absolute Gasteiger partial charge is 0.507 e. The third-order valence-corrected chi connectivity index (χ3v) is 2.54. The van der Waals surface area contributed by atoms with E-state index in [1.165, 1.54) is 12.3 Å².